The van der Waals surface area contributed by atoms with Gasteiger partial charge in [-0.2, -0.15) is 0 Å². The second-order valence-corrected chi connectivity index (χ2v) is 3.79. The third-order valence-corrected chi connectivity index (χ3v) is 2.13. The molecule has 1 aromatic carbocycles. The minimum atomic E-state index is -0.349. The Morgan fingerprint density at radius 2 is 1.67 bits per heavy atom. The molecular formula is C12H15NO2. The Balaban J connectivity index is 2.80. The van der Waals surface area contributed by atoms with E-state index < -0.39 is 0 Å². The average Bonchev–Trinajstić information content (AvgIpc) is 2.17. The minimum Gasteiger partial charge on any atom is -0.293 e. The van der Waals surface area contributed by atoms with Crippen LogP contribution in [0.3, 0.4) is 0 Å². The van der Waals surface area contributed by atoms with E-state index in [1.807, 2.05) is 12.1 Å². The summed E-state index contributed by atoms with van der Waals surface area (Å²) in [7, 11) is 0. The summed E-state index contributed by atoms with van der Waals surface area (Å²) >= 11 is 0. The molecule has 0 aliphatic heterocycles. The van der Waals surface area contributed by atoms with Crippen LogP contribution in [-0.2, 0) is 4.79 Å². The zero-order valence-electron chi connectivity index (χ0n) is 9.20. The highest BCUT2D eigenvalue weighted by molar-refractivity contribution is 6.04. The molecule has 0 unspecified atom stereocenters. The molecule has 1 rings (SSSR count). The van der Waals surface area contributed by atoms with Gasteiger partial charge in [0.05, 0.1) is 0 Å². The fourth-order valence-corrected chi connectivity index (χ4v) is 1.25. The Hall–Kier alpha value is -1.64. The molecule has 0 saturated carbocycles. The van der Waals surface area contributed by atoms with Crippen molar-refractivity contribution < 1.29 is 9.59 Å². The van der Waals surface area contributed by atoms with Gasteiger partial charge in [0.2, 0.25) is 5.91 Å². The molecule has 0 aliphatic carbocycles. The van der Waals surface area contributed by atoms with Crippen molar-refractivity contribution in [1.82, 2.24) is 5.32 Å². The fraction of sp³-hybridized carbons (Fsp3) is 0.333. The van der Waals surface area contributed by atoms with E-state index in [2.05, 4.69) is 19.2 Å². The lowest BCUT2D eigenvalue weighted by atomic mass is 10.0. The predicted octanol–water partition coefficient (Wildman–Crippen LogP) is 2.09. The van der Waals surface area contributed by atoms with Gasteiger partial charge in [0.25, 0.3) is 5.91 Å². The summed E-state index contributed by atoms with van der Waals surface area (Å²) in [5.41, 5.74) is 1.68. The Kier molecular flexibility index (Phi) is 3.61. The maximum atomic E-state index is 11.4. The zero-order valence-corrected chi connectivity index (χ0v) is 9.20. The molecule has 0 aromatic heterocycles. The van der Waals surface area contributed by atoms with Crippen LogP contribution in [0, 0.1) is 0 Å². The lowest BCUT2D eigenvalue weighted by molar-refractivity contribution is -0.118. The minimum absolute atomic E-state index is 0.340. The maximum Gasteiger partial charge on any atom is 0.257 e. The first-order valence-corrected chi connectivity index (χ1v) is 4.92. The van der Waals surface area contributed by atoms with Gasteiger partial charge in [0.1, 0.15) is 0 Å². The second kappa shape index (κ2) is 4.73. The number of benzene rings is 1. The van der Waals surface area contributed by atoms with E-state index in [1.165, 1.54) is 12.5 Å². The molecule has 0 spiro atoms. The van der Waals surface area contributed by atoms with Crippen molar-refractivity contribution >= 4 is 11.8 Å². The van der Waals surface area contributed by atoms with Crippen molar-refractivity contribution in [3.63, 3.8) is 0 Å². The average molecular weight is 205 g/mol. The summed E-state index contributed by atoms with van der Waals surface area (Å²) in [6, 6.07) is 7.26. The molecule has 1 N–H and O–H groups in total. The quantitative estimate of drug-likeness (QED) is 0.803. The van der Waals surface area contributed by atoms with Crippen LogP contribution < -0.4 is 5.32 Å². The van der Waals surface area contributed by atoms with E-state index in [0.29, 0.717) is 11.5 Å². The molecule has 0 aliphatic rings. The lowest BCUT2D eigenvalue weighted by Gasteiger charge is -2.06. The van der Waals surface area contributed by atoms with Gasteiger partial charge in [-0.05, 0) is 23.6 Å². The lowest BCUT2D eigenvalue weighted by Crippen LogP contribution is -2.27. The van der Waals surface area contributed by atoms with Gasteiger partial charge >= 0.3 is 0 Å². The molecule has 3 heteroatoms. The molecule has 0 radical (unpaired) electrons. The van der Waals surface area contributed by atoms with Crippen LogP contribution >= 0.6 is 0 Å². The molecular weight excluding hydrogens is 190 g/mol. The van der Waals surface area contributed by atoms with E-state index in [0.717, 1.165) is 0 Å². The first-order chi connectivity index (χ1) is 7.00. The van der Waals surface area contributed by atoms with Crippen LogP contribution in [0.25, 0.3) is 0 Å². The number of rotatable bonds is 2. The van der Waals surface area contributed by atoms with Crippen LogP contribution in [-0.4, -0.2) is 11.8 Å². The fourth-order valence-electron chi connectivity index (χ4n) is 1.25. The van der Waals surface area contributed by atoms with Crippen LogP contribution in [0.2, 0.25) is 0 Å². The number of carbonyl (C=O) groups is 2. The maximum absolute atomic E-state index is 11.4. The molecule has 1 aromatic rings. The van der Waals surface area contributed by atoms with E-state index in [4.69, 9.17) is 0 Å². The molecule has 0 bridgehead atoms. The number of carbonyl (C=O) groups excluding carboxylic acids is 2. The number of imide groups is 1. The third-order valence-electron chi connectivity index (χ3n) is 2.13. The van der Waals surface area contributed by atoms with Gasteiger partial charge in [0, 0.05) is 12.5 Å². The zero-order chi connectivity index (χ0) is 11.4. The predicted molar refractivity (Wildman–Crippen MR) is 58.7 cm³/mol. The molecule has 3 nitrogen and oxygen atoms in total. The Morgan fingerprint density at radius 1 is 1.13 bits per heavy atom. The molecule has 0 saturated heterocycles. The first-order valence-electron chi connectivity index (χ1n) is 4.92. The number of hydrogen-bond acceptors (Lipinski definition) is 2. The summed E-state index contributed by atoms with van der Waals surface area (Å²) in [6.45, 7) is 5.50. The van der Waals surface area contributed by atoms with Crippen molar-refractivity contribution in [3.05, 3.63) is 35.4 Å². The molecule has 15 heavy (non-hydrogen) atoms. The number of amides is 2. The van der Waals surface area contributed by atoms with E-state index in [-0.39, 0.29) is 11.8 Å². The van der Waals surface area contributed by atoms with E-state index in [9.17, 15) is 9.59 Å². The summed E-state index contributed by atoms with van der Waals surface area (Å²) in [5, 5.41) is 2.23. The van der Waals surface area contributed by atoms with Crippen LogP contribution in [0.4, 0.5) is 0 Å². The monoisotopic (exact) mass is 205 g/mol. The topological polar surface area (TPSA) is 46.2 Å². The third kappa shape index (κ3) is 3.20. The highest BCUT2D eigenvalue weighted by atomic mass is 16.2. The van der Waals surface area contributed by atoms with Crippen molar-refractivity contribution in [2.24, 2.45) is 0 Å². The van der Waals surface area contributed by atoms with Gasteiger partial charge < -0.3 is 0 Å². The van der Waals surface area contributed by atoms with E-state index in [1.54, 1.807) is 12.1 Å². The molecule has 0 heterocycles. The first kappa shape index (κ1) is 11.4. The normalized spacial score (nSPS) is 10.1. The summed E-state index contributed by atoms with van der Waals surface area (Å²) in [6.07, 6.45) is 0. The Bertz CT molecular complexity index is 366. The van der Waals surface area contributed by atoms with Crippen molar-refractivity contribution in [2.45, 2.75) is 26.7 Å². The van der Waals surface area contributed by atoms with E-state index >= 15 is 0 Å². The van der Waals surface area contributed by atoms with Gasteiger partial charge in [0.15, 0.2) is 0 Å². The Labute approximate surface area is 89.5 Å². The summed E-state index contributed by atoms with van der Waals surface area (Å²) in [4.78, 5) is 22.1. The van der Waals surface area contributed by atoms with Crippen LogP contribution in [0.5, 0.6) is 0 Å². The van der Waals surface area contributed by atoms with Crippen molar-refractivity contribution in [3.8, 4) is 0 Å². The summed E-state index contributed by atoms with van der Waals surface area (Å²) < 4.78 is 0. The van der Waals surface area contributed by atoms with Gasteiger partial charge in [-0.3, -0.25) is 14.9 Å². The van der Waals surface area contributed by atoms with Crippen LogP contribution in [0.15, 0.2) is 24.3 Å². The molecule has 0 atom stereocenters. The second-order valence-electron chi connectivity index (χ2n) is 3.79. The van der Waals surface area contributed by atoms with Crippen molar-refractivity contribution in [2.75, 3.05) is 0 Å². The van der Waals surface area contributed by atoms with Crippen LogP contribution in [0.1, 0.15) is 42.6 Å². The molecule has 2 amide bonds. The molecule has 0 fully saturated rings. The number of hydrogen-bond donors (Lipinski definition) is 1. The molecule has 80 valence electrons. The summed E-state index contributed by atoms with van der Waals surface area (Å²) in [5.74, 6) is -0.249. The standard InChI is InChI=1S/C12H15NO2/c1-8(2)10-4-6-11(7-5-10)12(15)13-9(3)14/h4-8H,1-3H3,(H,13,14,15). The van der Waals surface area contributed by atoms with Gasteiger partial charge in [-0.25, -0.2) is 0 Å². The highest BCUT2D eigenvalue weighted by Gasteiger charge is 2.07. The van der Waals surface area contributed by atoms with Gasteiger partial charge in [-0.15, -0.1) is 0 Å². The largest absolute Gasteiger partial charge is 0.293 e. The highest BCUT2D eigenvalue weighted by Crippen LogP contribution is 2.14. The van der Waals surface area contributed by atoms with Gasteiger partial charge in [-0.1, -0.05) is 26.0 Å². The van der Waals surface area contributed by atoms with Crippen molar-refractivity contribution in [1.29, 1.82) is 0 Å². The Morgan fingerprint density at radius 3 is 2.07 bits per heavy atom. The SMILES string of the molecule is CC(=O)NC(=O)c1ccc(C(C)C)cc1. The number of nitrogens with one attached hydrogen (secondary N) is 1. The smallest absolute Gasteiger partial charge is 0.257 e.